The van der Waals surface area contributed by atoms with Crippen LogP contribution in [0.1, 0.15) is 78.1 Å². The van der Waals surface area contributed by atoms with Gasteiger partial charge in [0, 0.05) is 6.42 Å². The molecule has 0 aromatic rings. The third-order valence-electron chi connectivity index (χ3n) is 2.75. The van der Waals surface area contributed by atoms with Gasteiger partial charge in [-0.1, -0.05) is 58.8 Å². The standard InChI is InChI=1S/C14H28O2.Sn.2H/c1-3-5-7-9-10-12-14(15)16-13-11-8-6-4-2;;;/h3-13H2,1-2H3;;;. The van der Waals surface area contributed by atoms with E-state index < -0.39 is 0 Å². The van der Waals surface area contributed by atoms with Crippen LogP contribution in [0.2, 0.25) is 0 Å². The first-order valence-corrected chi connectivity index (χ1v) is 6.96. The van der Waals surface area contributed by atoms with Crippen LogP contribution in [0.5, 0.6) is 0 Å². The number of carbonyl (C=O) groups excluding carboxylic acids is 1. The molecule has 0 aliphatic rings. The molecule has 2 radical (unpaired) electrons. The van der Waals surface area contributed by atoms with Crippen LogP contribution >= 0.6 is 0 Å². The maximum atomic E-state index is 11.3. The predicted molar refractivity (Wildman–Crippen MR) is 77.0 cm³/mol. The van der Waals surface area contributed by atoms with E-state index in [0.717, 1.165) is 12.8 Å². The summed E-state index contributed by atoms with van der Waals surface area (Å²) in [5.41, 5.74) is 0. The summed E-state index contributed by atoms with van der Waals surface area (Å²) in [4.78, 5) is 11.3. The summed E-state index contributed by atoms with van der Waals surface area (Å²) in [6, 6.07) is 0. The number of hydrogen-bond acceptors (Lipinski definition) is 2. The van der Waals surface area contributed by atoms with E-state index in [-0.39, 0.29) is 29.9 Å². The first-order chi connectivity index (χ1) is 7.81. The Balaban J connectivity index is 0. The molecule has 0 aliphatic carbocycles. The first-order valence-electron chi connectivity index (χ1n) is 6.96. The molecule has 0 spiro atoms. The van der Waals surface area contributed by atoms with Crippen molar-refractivity contribution in [3.8, 4) is 0 Å². The molecule has 2 nitrogen and oxygen atoms in total. The topological polar surface area (TPSA) is 26.3 Å². The van der Waals surface area contributed by atoms with E-state index in [1.54, 1.807) is 0 Å². The van der Waals surface area contributed by atoms with Crippen molar-refractivity contribution in [1.29, 1.82) is 0 Å². The second kappa shape index (κ2) is 16.3. The van der Waals surface area contributed by atoms with Gasteiger partial charge in [0.05, 0.1) is 6.61 Å². The van der Waals surface area contributed by atoms with Crippen molar-refractivity contribution in [3.63, 3.8) is 0 Å². The Labute approximate surface area is 124 Å². The molecule has 0 heterocycles. The van der Waals surface area contributed by atoms with Crippen LogP contribution < -0.4 is 0 Å². The van der Waals surface area contributed by atoms with Crippen molar-refractivity contribution in [3.05, 3.63) is 0 Å². The summed E-state index contributed by atoms with van der Waals surface area (Å²) < 4.78 is 5.16. The fraction of sp³-hybridized carbons (Fsp3) is 0.929. The summed E-state index contributed by atoms with van der Waals surface area (Å²) >= 11 is 0. The van der Waals surface area contributed by atoms with E-state index in [1.807, 2.05) is 0 Å². The molecule has 17 heavy (non-hydrogen) atoms. The van der Waals surface area contributed by atoms with Crippen molar-refractivity contribution >= 4 is 29.9 Å². The number of hydrogen-bond donors (Lipinski definition) is 0. The Kier molecular flexibility index (Phi) is 18.8. The zero-order chi connectivity index (χ0) is 12.1. The summed E-state index contributed by atoms with van der Waals surface area (Å²) in [5.74, 6) is -0.00648. The number of unbranched alkanes of at least 4 members (excludes halogenated alkanes) is 7. The van der Waals surface area contributed by atoms with Crippen molar-refractivity contribution < 1.29 is 9.53 Å². The van der Waals surface area contributed by atoms with Gasteiger partial charge >= 0.3 is 29.9 Å². The number of rotatable bonds is 11. The van der Waals surface area contributed by atoms with Gasteiger partial charge in [0.15, 0.2) is 0 Å². The van der Waals surface area contributed by atoms with Crippen LogP contribution in [0.15, 0.2) is 0 Å². The van der Waals surface area contributed by atoms with Gasteiger partial charge in [-0.15, -0.1) is 0 Å². The van der Waals surface area contributed by atoms with Crippen molar-refractivity contribution in [2.75, 3.05) is 6.61 Å². The Morgan fingerprint density at radius 1 is 0.824 bits per heavy atom. The maximum absolute atomic E-state index is 11.3. The van der Waals surface area contributed by atoms with Gasteiger partial charge < -0.3 is 4.74 Å². The average molecular weight is 349 g/mol. The zero-order valence-corrected chi connectivity index (χ0v) is 15.8. The SMILES string of the molecule is CCCCCCCC(=O)OCCCCCC.[SnH2]. The monoisotopic (exact) mass is 350 g/mol. The number of ether oxygens (including phenoxy) is 1. The molecule has 0 aromatic heterocycles. The second-order valence-corrected chi connectivity index (χ2v) is 4.45. The van der Waals surface area contributed by atoms with Crippen LogP contribution in [0.4, 0.5) is 0 Å². The molecule has 0 unspecified atom stereocenters. The molecule has 3 heteroatoms. The second-order valence-electron chi connectivity index (χ2n) is 4.45. The molecule has 0 amide bonds. The Hall–Kier alpha value is 0.269. The van der Waals surface area contributed by atoms with Crippen LogP contribution in [0.3, 0.4) is 0 Å². The van der Waals surface area contributed by atoms with Gasteiger partial charge in [0.1, 0.15) is 0 Å². The number of esters is 1. The Bertz CT molecular complexity index is 144. The number of carbonyl (C=O) groups is 1. The Morgan fingerprint density at radius 2 is 1.35 bits per heavy atom. The minimum atomic E-state index is -0.00648. The van der Waals surface area contributed by atoms with E-state index in [0.29, 0.717) is 13.0 Å². The van der Waals surface area contributed by atoms with Gasteiger partial charge in [-0.2, -0.15) is 0 Å². The molecule has 0 fully saturated rings. The van der Waals surface area contributed by atoms with Crippen LogP contribution in [-0.4, -0.2) is 36.5 Å². The summed E-state index contributed by atoms with van der Waals surface area (Å²) in [7, 11) is 0. The third kappa shape index (κ3) is 16.3. The molecular formula is C14H30O2Sn. The van der Waals surface area contributed by atoms with E-state index in [9.17, 15) is 4.79 Å². The van der Waals surface area contributed by atoms with Gasteiger partial charge in [-0.25, -0.2) is 0 Å². The zero-order valence-electron chi connectivity index (χ0n) is 11.8. The van der Waals surface area contributed by atoms with E-state index >= 15 is 0 Å². The van der Waals surface area contributed by atoms with Gasteiger partial charge in [-0.05, 0) is 12.8 Å². The van der Waals surface area contributed by atoms with E-state index in [4.69, 9.17) is 4.74 Å². The third-order valence-corrected chi connectivity index (χ3v) is 2.75. The molecule has 0 saturated carbocycles. The average Bonchev–Trinajstić information content (AvgIpc) is 2.28. The molecular weight excluding hydrogens is 319 g/mol. The van der Waals surface area contributed by atoms with Crippen molar-refractivity contribution in [1.82, 2.24) is 0 Å². The fourth-order valence-corrected chi connectivity index (χ4v) is 1.66. The molecule has 0 aromatic carbocycles. The van der Waals surface area contributed by atoms with Crippen molar-refractivity contribution in [2.45, 2.75) is 78.1 Å². The van der Waals surface area contributed by atoms with E-state index in [2.05, 4.69) is 13.8 Å². The van der Waals surface area contributed by atoms with Crippen LogP contribution in [0, 0.1) is 0 Å². The van der Waals surface area contributed by atoms with E-state index in [1.165, 1.54) is 44.9 Å². The summed E-state index contributed by atoms with van der Waals surface area (Å²) in [5, 5.41) is 0. The van der Waals surface area contributed by atoms with Gasteiger partial charge in [-0.3, -0.25) is 4.79 Å². The van der Waals surface area contributed by atoms with Gasteiger partial charge in [0.2, 0.25) is 0 Å². The summed E-state index contributed by atoms with van der Waals surface area (Å²) in [6.07, 6.45) is 11.2. The molecule has 0 atom stereocenters. The van der Waals surface area contributed by atoms with Gasteiger partial charge in [0.25, 0.3) is 0 Å². The molecule has 102 valence electrons. The minimum absolute atomic E-state index is 0. The first kappa shape index (κ1) is 19.6. The normalized spacial score (nSPS) is 9.76. The quantitative estimate of drug-likeness (QED) is 0.324. The molecule has 0 bridgehead atoms. The molecule has 0 saturated heterocycles. The molecule has 0 aliphatic heterocycles. The van der Waals surface area contributed by atoms with Crippen LogP contribution in [-0.2, 0) is 9.53 Å². The Morgan fingerprint density at radius 3 is 1.94 bits per heavy atom. The molecule has 0 N–H and O–H groups in total. The fourth-order valence-electron chi connectivity index (χ4n) is 1.66. The molecule has 0 rings (SSSR count). The predicted octanol–water partition coefficient (Wildman–Crippen LogP) is 3.55. The van der Waals surface area contributed by atoms with Crippen LogP contribution in [0.25, 0.3) is 0 Å². The summed E-state index contributed by atoms with van der Waals surface area (Å²) in [6.45, 7) is 5.00. The van der Waals surface area contributed by atoms with Crippen molar-refractivity contribution in [2.24, 2.45) is 0 Å².